The number of anilines is 1. The number of nitrogens with two attached hydrogens (primary N) is 1. The molecule has 2 rings (SSSR count). The van der Waals surface area contributed by atoms with Crippen LogP contribution in [0.1, 0.15) is 38.3 Å². The second-order valence-electron chi connectivity index (χ2n) is 5.78. The van der Waals surface area contributed by atoms with Crippen LogP contribution in [0.4, 0.5) is 10.1 Å². The second-order valence-corrected chi connectivity index (χ2v) is 5.78. The maximum Gasteiger partial charge on any atom is 0.146 e. The zero-order valence-electron chi connectivity index (χ0n) is 12.8. The molecule has 2 N–H and O–H groups in total. The van der Waals surface area contributed by atoms with Crippen molar-refractivity contribution in [1.29, 1.82) is 0 Å². The van der Waals surface area contributed by atoms with Crippen molar-refractivity contribution in [3.8, 4) is 0 Å². The van der Waals surface area contributed by atoms with E-state index in [1.165, 1.54) is 0 Å². The average molecular weight is 279 g/mol. The number of halogens is 1. The van der Waals surface area contributed by atoms with Crippen molar-refractivity contribution in [2.24, 2.45) is 5.73 Å². The molecule has 0 bridgehead atoms. The molecule has 0 spiro atoms. The van der Waals surface area contributed by atoms with Gasteiger partial charge in [-0.3, -0.25) is 0 Å². The smallest absolute Gasteiger partial charge is 0.146 e. The normalized spacial score (nSPS) is 19.1. The van der Waals surface area contributed by atoms with Gasteiger partial charge in [0.15, 0.2) is 0 Å². The van der Waals surface area contributed by atoms with E-state index in [1.807, 2.05) is 26.1 Å². The lowest BCUT2D eigenvalue weighted by molar-refractivity contribution is 0.220. The van der Waals surface area contributed by atoms with Crippen molar-refractivity contribution in [2.75, 3.05) is 31.6 Å². The van der Waals surface area contributed by atoms with E-state index in [0.29, 0.717) is 11.7 Å². The van der Waals surface area contributed by atoms with E-state index in [-0.39, 0.29) is 11.9 Å². The zero-order chi connectivity index (χ0) is 14.7. The van der Waals surface area contributed by atoms with Crippen LogP contribution in [-0.4, -0.2) is 37.6 Å². The fourth-order valence-electron chi connectivity index (χ4n) is 2.91. The van der Waals surface area contributed by atoms with Gasteiger partial charge in [-0.15, -0.1) is 0 Å². The topological polar surface area (TPSA) is 32.5 Å². The minimum Gasteiger partial charge on any atom is -0.369 e. The van der Waals surface area contributed by atoms with Crippen LogP contribution in [0.5, 0.6) is 0 Å². The summed E-state index contributed by atoms with van der Waals surface area (Å²) in [6.07, 6.45) is 2.19. The number of piperidine rings is 1. The van der Waals surface area contributed by atoms with Crippen molar-refractivity contribution in [1.82, 2.24) is 4.90 Å². The van der Waals surface area contributed by atoms with Gasteiger partial charge in [0, 0.05) is 32.2 Å². The Morgan fingerprint density at radius 3 is 2.55 bits per heavy atom. The molecule has 20 heavy (non-hydrogen) atoms. The summed E-state index contributed by atoms with van der Waals surface area (Å²) < 4.78 is 14.3. The highest BCUT2D eigenvalue weighted by molar-refractivity contribution is 5.50. The number of nitrogens with zero attached hydrogens (tertiary/aromatic N) is 2. The first kappa shape index (κ1) is 15.3. The monoisotopic (exact) mass is 279 g/mol. The SMILES string of the molecule is CCN1CCC(N(C)c2ccc(C(C)N)cc2F)CC1. The summed E-state index contributed by atoms with van der Waals surface area (Å²) in [6.45, 7) is 7.37. The molecular formula is C16H26FN3. The molecule has 1 fully saturated rings. The lowest BCUT2D eigenvalue weighted by Crippen LogP contribution is -2.43. The van der Waals surface area contributed by atoms with E-state index in [1.54, 1.807) is 6.07 Å². The van der Waals surface area contributed by atoms with Gasteiger partial charge in [-0.1, -0.05) is 13.0 Å². The Labute approximate surface area is 121 Å². The summed E-state index contributed by atoms with van der Waals surface area (Å²) in [7, 11) is 2.00. The van der Waals surface area contributed by atoms with Gasteiger partial charge in [-0.2, -0.15) is 0 Å². The summed E-state index contributed by atoms with van der Waals surface area (Å²) in [4.78, 5) is 4.53. The Hall–Kier alpha value is -1.13. The lowest BCUT2D eigenvalue weighted by Gasteiger charge is -2.37. The molecule has 4 heteroatoms. The van der Waals surface area contributed by atoms with Crippen molar-refractivity contribution in [2.45, 2.75) is 38.8 Å². The van der Waals surface area contributed by atoms with Crippen LogP contribution < -0.4 is 10.6 Å². The van der Waals surface area contributed by atoms with E-state index in [4.69, 9.17) is 5.73 Å². The molecule has 1 aromatic carbocycles. The third-order valence-electron chi connectivity index (χ3n) is 4.43. The van der Waals surface area contributed by atoms with E-state index < -0.39 is 0 Å². The fraction of sp³-hybridized carbons (Fsp3) is 0.625. The summed E-state index contributed by atoms with van der Waals surface area (Å²) in [5, 5.41) is 0. The van der Waals surface area contributed by atoms with Crippen LogP contribution in [0.15, 0.2) is 18.2 Å². The van der Waals surface area contributed by atoms with Gasteiger partial charge in [0.05, 0.1) is 5.69 Å². The number of likely N-dealkylation sites (tertiary alicyclic amines) is 1. The molecule has 1 heterocycles. The molecule has 112 valence electrons. The molecule has 1 atom stereocenters. The Morgan fingerprint density at radius 2 is 2.05 bits per heavy atom. The van der Waals surface area contributed by atoms with Crippen LogP contribution in [0, 0.1) is 5.82 Å². The van der Waals surface area contributed by atoms with E-state index >= 15 is 0 Å². The van der Waals surface area contributed by atoms with Crippen LogP contribution in [0.2, 0.25) is 0 Å². The summed E-state index contributed by atoms with van der Waals surface area (Å²) in [6, 6.07) is 5.66. The maximum absolute atomic E-state index is 14.3. The minimum absolute atomic E-state index is 0.128. The summed E-state index contributed by atoms with van der Waals surface area (Å²) >= 11 is 0. The molecule has 1 saturated heterocycles. The number of benzene rings is 1. The molecule has 0 saturated carbocycles. The van der Waals surface area contributed by atoms with Gasteiger partial charge in [0.25, 0.3) is 0 Å². The van der Waals surface area contributed by atoms with Gasteiger partial charge in [-0.25, -0.2) is 4.39 Å². The number of hydrogen-bond acceptors (Lipinski definition) is 3. The number of rotatable bonds is 4. The van der Waals surface area contributed by atoms with Gasteiger partial charge < -0.3 is 15.5 Å². The first-order valence-electron chi connectivity index (χ1n) is 7.53. The van der Waals surface area contributed by atoms with E-state index in [2.05, 4.69) is 16.7 Å². The minimum atomic E-state index is -0.166. The molecule has 0 aromatic heterocycles. The van der Waals surface area contributed by atoms with Crippen LogP contribution >= 0.6 is 0 Å². The Balaban J connectivity index is 2.07. The predicted octanol–water partition coefficient (Wildman–Crippen LogP) is 2.77. The van der Waals surface area contributed by atoms with Crippen LogP contribution in [-0.2, 0) is 0 Å². The van der Waals surface area contributed by atoms with Crippen LogP contribution in [0.25, 0.3) is 0 Å². The molecule has 1 aliphatic heterocycles. The molecular weight excluding hydrogens is 253 g/mol. The Kier molecular flexibility index (Phi) is 5.00. The average Bonchev–Trinajstić information content (AvgIpc) is 2.46. The first-order chi connectivity index (χ1) is 9.52. The van der Waals surface area contributed by atoms with Crippen LogP contribution in [0.3, 0.4) is 0 Å². The van der Waals surface area contributed by atoms with Crippen molar-refractivity contribution in [3.63, 3.8) is 0 Å². The second kappa shape index (κ2) is 6.55. The lowest BCUT2D eigenvalue weighted by atomic mass is 10.0. The first-order valence-corrected chi connectivity index (χ1v) is 7.53. The third-order valence-corrected chi connectivity index (χ3v) is 4.43. The highest BCUT2D eigenvalue weighted by Gasteiger charge is 2.23. The molecule has 0 amide bonds. The third kappa shape index (κ3) is 3.30. The van der Waals surface area contributed by atoms with Gasteiger partial charge in [0.1, 0.15) is 5.82 Å². The zero-order valence-corrected chi connectivity index (χ0v) is 12.8. The summed E-state index contributed by atoms with van der Waals surface area (Å²) in [5.41, 5.74) is 7.33. The maximum atomic E-state index is 14.3. The Morgan fingerprint density at radius 1 is 1.40 bits per heavy atom. The highest BCUT2D eigenvalue weighted by atomic mass is 19.1. The molecule has 1 aromatic rings. The van der Waals surface area contributed by atoms with Crippen molar-refractivity contribution in [3.05, 3.63) is 29.6 Å². The van der Waals surface area contributed by atoms with Gasteiger partial charge in [-0.05, 0) is 44.0 Å². The predicted molar refractivity (Wildman–Crippen MR) is 82.5 cm³/mol. The Bertz CT molecular complexity index is 439. The van der Waals surface area contributed by atoms with E-state index in [0.717, 1.165) is 38.0 Å². The fourth-order valence-corrected chi connectivity index (χ4v) is 2.91. The largest absolute Gasteiger partial charge is 0.369 e. The van der Waals surface area contributed by atoms with Gasteiger partial charge in [0.2, 0.25) is 0 Å². The van der Waals surface area contributed by atoms with E-state index in [9.17, 15) is 4.39 Å². The number of hydrogen-bond donors (Lipinski definition) is 1. The van der Waals surface area contributed by atoms with Crippen molar-refractivity contribution < 1.29 is 4.39 Å². The molecule has 3 nitrogen and oxygen atoms in total. The quantitative estimate of drug-likeness (QED) is 0.920. The molecule has 0 radical (unpaired) electrons. The van der Waals surface area contributed by atoms with Gasteiger partial charge >= 0.3 is 0 Å². The molecule has 1 unspecified atom stereocenters. The summed E-state index contributed by atoms with van der Waals surface area (Å²) in [5.74, 6) is -0.166. The van der Waals surface area contributed by atoms with Crippen molar-refractivity contribution >= 4 is 5.69 Å². The standard InChI is InChI=1S/C16H26FN3/c1-4-20-9-7-14(8-10-20)19(3)16-6-5-13(12(2)18)11-15(16)17/h5-6,11-12,14H,4,7-10,18H2,1-3H3. The molecule has 0 aliphatic carbocycles. The highest BCUT2D eigenvalue weighted by Crippen LogP contribution is 2.26. The molecule has 1 aliphatic rings.